The van der Waals surface area contributed by atoms with Crippen LogP contribution in [0.15, 0.2) is 60.7 Å². The zero-order valence-corrected chi connectivity index (χ0v) is 16.3. The van der Waals surface area contributed by atoms with Crippen molar-refractivity contribution in [2.45, 2.75) is 32.0 Å². The highest BCUT2D eigenvalue weighted by Gasteiger charge is 2.40. The summed E-state index contributed by atoms with van der Waals surface area (Å²) in [6, 6.07) is 19.2. The van der Waals surface area contributed by atoms with E-state index in [2.05, 4.69) is 29.6 Å². The Labute approximate surface area is 173 Å². The summed E-state index contributed by atoms with van der Waals surface area (Å²) in [4.78, 5) is 38.3. The normalized spacial score (nSPS) is 18.5. The molecule has 150 valence electrons. The predicted octanol–water partition coefficient (Wildman–Crippen LogP) is 3.18. The van der Waals surface area contributed by atoms with Gasteiger partial charge in [0.25, 0.3) is 5.91 Å². The maximum absolute atomic E-state index is 13.1. The Kier molecular flexibility index (Phi) is 4.47. The number of carbonyl (C=O) groups is 3. The van der Waals surface area contributed by atoms with Gasteiger partial charge in [0, 0.05) is 13.0 Å². The molecule has 0 aromatic heterocycles. The number of imide groups is 1. The maximum atomic E-state index is 13.1. The summed E-state index contributed by atoms with van der Waals surface area (Å²) in [5, 5.41) is 4.63. The van der Waals surface area contributed by atoms with E-state index in [1.807, 2.05) is 30.3 Å². The molecule has 0 spiro atoms. The third-order valence-corrected chi connectivity index (χ3v) is 5.72. The van der Waals surface area contributed by atoms with Crippen LogP contribution in [-0.4, -0.2) is 28.7 Å². The second-order valence-electron chi connectivity index (χ2n) is 7.66. The second-order valence-corrected chi connectivity index (χ2v) is 7.66. The number of nitrogens with one attached hydrogen (secondary N) is 1. The fourth-order valence-corrected chi connectivity index (χ4v) is 4.19. The standard InChI is InChI=1S/C24H20N2O4/c27-21-11-10-19(23(28)25-21)26-13-18-6-3-7-20(22(18)24(26)29)30-14-15-8-9-16-4-1-2-5-17(16)12-15/h1-9,12,19H,10-11,13-14H2,(H,25,27,28). The van der Waals surface area contributed by atoms with Crippen molar-refractivity contribution in [3.05, 3.63) is 77.4 Å². The van der Waals surface area contributed by atoms with E-state index >= 15 is 0 Å². The van der Waals surface area contributed by atoms with Gasteiger partial charge < -0.3 is 9.64 Å². The maximum Gasteiger partial charge on any atom is 0.258 e. The lowest BCUT2D eigenvalue weighted by Gasteiger charge is -2.29. The Bertz CT molecular complexity index is 1190. The molecule has 0 bridgehead atoms. The van der Waals surface area contributed by atoms with Gasteiger partial charge >= 0.3 is 0 Å². The van der Waals surface area contributed by atoms with Crippen LogP contribution in [-0.2, 0) is 22.7 Å². The molecule has 1 unspecified atom stereocenters. The summed E-state index contributed by atoms with van der Waals surface area (Å²) in [7, 11) is 0. The first kappa shape index (κ1) is 18.4. The van der Waals surface area contributed by atoms with Crippen molar-refractivity contribution in [1.29, 1.82) is 0 Å². The fraction of sp³-hybridized carbons (Fsp3) is 0.208. The zero-order valence-electron chi connectivity index (χ0n) is 16.3. The molecule has 30 heavy (non-hydrogen) atoms. The number of benzene rings is 3. The second kappa shape index (κ2) is 7.30. The summed E-state index contributed by atoms with van der Waals surface area (Å²) in [5.41, 5.74) is 2.35. The van der Waals surface area contributed by atoms with Gasteiger partial charge in [0.15, 0.2) is 0 Å². The average molecular weight is 400 g/mol. The summed E-state index contributed by atoms with van der Waals surface area (Å²) >= 11 is 0. The number of carbonyl (C=O) groups excluding carboxylic acids is 3. The van der Waals surface area contributed by atoms with E-state index in [1.54, 1.807) is 6.07 Å². The van der Waals surface area contributed by atoms with Crippen molar-refractivity contribution < 1.29 is 19.1 Å². The molecule has 2 aliphatic rings. The van der Waals surface area contributed by atoms with Gasteiger partial charge in [0.2, 0.25) is 11.8 Å². The molecular formula is C24H20N2O4. The summed E-state index contributed by atoms with van der Waals surface area (Å²) in [5.74, 6) is -0.417. The molecule has 3 aromatic rings. The molecule has 6 heteroatoms. The largest absolute Gasteiger partial charge is 0.488 e. The minimum absolute atomic E-state index is 0.228. The highest BCUT2D eigenvalue weighted by molar-refractivity contribution is 6.06. The number of piperidine rings is 1. The van der Waals surface area contributed by atoms with Crippen LogP contribution in [0.5, 0.6) is 5.75 Å². The average Bonchev–Trinajstić information content (AvgIpc) is 3.09. The molecule has 5 rings (SSSR count). The number of amides is 3. The zero-order chi connectivity index (χ0) is 20.7. The minimum Gasteiger partial charge on any atom is -0.488 e. The van der Waals surface area contributed by atoms with Gasteiger partial charge in [-0.3, -0.25) is 19.7 Å². The molecular weight excluding hydrogens is 380 g/mol. The number of hydrogen-bond donors (Lipinski definition) is 1. The van der Waals surface area contributed by atoms with E-state index in [0.29, 0.717) is 30.9 Å². The number of hydrogen-bond acceptors (Lipinski definition) is 4. The van der Waals surface area contributed by atoms with Crippen molar-refractivity contribution in [2.75, 3.05) is 0 Å². The fourth-order valence-electron chi connectivity index (χ4n) is 4.19. The summed E-state index contributed by atoms with van der Waals surface area (Å²) < 4.78 is 6.03. The van der Waals surface area contributed by atoms with Crippen molar-refractivity contribution in [3.63, 3.8) is 0 Å². The van der Waals surface area contributed by atoms with E-state index in [0.717, 1.165) is 21.9 Å². The Balaban J connectivity index is 1.36. The lowest BCUT2D eigenvalue weighted by atomic mass is 10.0. The van der Waals surface area contributed by atoms with Crippen molar-refractivity contribution in [3.8, 4) is 5.75 Å². The van der Waals surface area contributed by atoms with Gasteiger partial charge in [0.1, 0.15) is 18.4 Å². The van der Waals surface area contributed by atoms with Crippen LogP contribution in [0.3, 0.4) is 0 Å². The van der Waals surface area contributed by atoms with E-state index < -0.39 is 11.9 Å². The topological polar surface area (TPSA) is 75.7 Å². The van der Waals surface area contributed by atoms with E-state index in [-0.39, 0.29) is 18.2 Å². The Morgan fingerprint density at radius 2 is 1.80 bits per heavy atom. The van der Waals surface area contributed by atoms with Gasteiger partial charge in [-0.15, -0.1) is 0 Å². The molecule has 1 N–H and O–H groups in total. The molecule has 2 heterocycles. The molecule has 1 saturated heterocycles. The minimum atomic E-state index is -0.629. The molecule has 6 nitrogen and oxygen atoms in total. The molecule has 1 atom stereocenters. The van der Waals surface area contributed by atoms with E-state index in [4.69, 9.17) is 4.74 Å². The van der Waals surface area contributed by atoms with Crippen LogP contribution in [0.1, 0.15) is 34.3 Å². The first-order chi connectivity index (χ1) is 14.6. The molecule has 0 radical (unpaired) electrons. The summed E-state index contributed by atoms with van der Waals surface area (Å²) in [6.07, 6.45) is 0.583. The van der Waals surface area contributed by atoms with Crippen LogP contribution in [0.2, 0.25) is 0 Å². The highest BCUT2D eigenvalue weighted by Crippen LogP contribution is 2.34. The van der Waals surface area contributed by atoms with Crippen LogP contribution < -0.4 is 10.1 Å². The Morgan fingerprint density at radius 1 is 0.967 bits per heavy atom. The molecule has 3 amide bonds. The van der Waals surface area contributed by atoms with Gasteiger partial charge in [-0.1, -0.05) is 48.5 Å². The van der Waals surface area contributed by atoms with Gasteiger partial charge in [0.05, 0.1) is 5.56 Å². The summed E-state index contributed by atoms with van der Waals surface area (Å²) in [6.45, 7) is 0.681. The van der Waals surface area contributed by atoms with Gasteiger partial charge in [-0.25, -0.2) is 0 Å². The Morgan fingerprint density at radius 3 is 2.63 bits per heavy atom. The monoisotopic (exact) mass is 400 g/mol. The van der Waals surface area contributed by atoms with Gasteiger partial charge in [-0.2, -0.15) is 0 Å². The van der Waals surface area contributed by atoms with E-state index in [9.17, 15) is 14.4 Å². The lowest BCUT2D eigenvalue weighted by molar-refractivity contribution is -0.136. The first-order valence-corrected chi connectivity index (χ1v) is 9.97. The van der Waals surface area contributed by atoms with Crippen LogP contribution in [0, 0.1) is 0 Å². The van der Waals surface area contributed by atoms with Crippen molar-refractivity contribution >= 4 is 28.5 Å². The third kappa shape index (κ3) is 3.20. The highest BCUT2D eigenvalue weighted by atomic mass is 16.5. The predicted molar refractivity (Wildman–Crippen MR) is 111 cm³/mol. The smallest absolute Gasteiger partial charge is 0.258 e. The third-order valence-electron chi connectivity index (χ3n) is 5.72. The lowest BCUT2D eigenvalue weighted by Crippen LogP contribution is -2.52. The number of ether oxygens (including phenoxy) is 1. The Hall–Kier alpha value is -3.67. The quantitative estimate of drug-likeness (QED) is 0.683. The molecule has 3 aromatic carbocycles. The number of rotatable bonds is 4. The van der Waals surface area contributed by atoms with Gasteiger partial charge in [-0.05, 0) is 40.5 Å². The van der Waals surface area contributed by atoms with Crippen LogP contribution in [0.4, 0.5) is 0 Å². The van der Waals surface area contributed by atoms with Crippen LogP contribution >= 0.6 is 0 Å². The van der Waals surface area contributed by atoms with Crippen molar-refractivity contribution in [1.82, 2.24) is 10.2 Å². The number of fused-ring (bicyclic) bond motifs is 2. The van der Waals surface area contributed by atoms with E-state index in [1.165, 1.54) is 4.90 Å². The molecule has 1 fully saturated rings. The first-order valence-electron chi connectivity index (χ1n) is 9.97. The molecule has 2 aliphatic heterocycles. The number of nitrogens with zero attached hydrogens (tertiary/aromatic N) is 1. The molecule has 0 aliphatic carbocycles. The SMILES string of the molecule is O=C1CCC(N2Cc3cccc(OCc4ccc5ccccc5c4)c3C2=O)C(=O)N1. The van der Waals surface area contributed by atoms with Crippen molar-refractivity contribution in [2.24, 2.45) is 0 Å². The van der Waals surface area contributed by atoms with Crippen LogP contribution in [0.25, 0.3) is 10.8 Å². The molecule has 0 saturated carbocycles.